The fourth-order valence-electron chi connectivity index (χ4n) is 2.17. The molecule has 3 rings (SSSR count). The maximum absolute atomic E-state index is 8.87. The van der Waals surface area contributed by atoms with Gasteiger partial charge in [-0.25, -0.2) is 0 Å². The highest BCUT2D eigenvalue weighted by molar-refractivity contribution is 5.83. The molecule has 0 amide bonds. The van der Waals surface area contributed by atoms with Crippen LogP contribution in [0.25, 0.3) is 10.9 Å². The SMILES string of the molecule is N#Cc1cccc(NCc2c[nH]c3ccccc23)c1. The van der Waals surface area contributed by atoms with Crippen molar-refractivity contribution in [2.75, 3.05) is 5.32 Å². The lowest BCUT2D eigenvalue weighted by Crippen LogP contribution is -1.98. The Balaban J connectivity index is 1.81. The van der Waals surface area contributed by atoms with Crippen molar-refractivity contribution >= 4 is 16.6 Å². The Bertz CT molecular complexity index is 750. The first-order valence-electron chi connectivity index (χ1n) is 6.16. The van der Waals surface area contributed by atoms with Crippen LogP contribution in [0.5, 0.6) is 0 Å². The molecule has 0 atom stereocenters. The molecule has 0 unspecified atom stereocenters. The number of hydrogen-bond acceptors (Lipinski definition) is 2. The second-order valence-corrected chi connectivity index (χ2v) is 4.41. The van der Waals surface area contributed by atoms with Crippen LogP contribution in [0.4, 0.5) is 5.69 Å². The van der Waals surface area contributed by atoms with E-state index in [1.54, 1.807) is 6.07 Å². The smallest absolute Gasteiger partial charge is 0.0992 e. The van der Waals surface area contributed by atoms with Gasteiger partial charge in [0.2, 0.25) is 0 Å². The largest absolute Gasteiger partial charge is 0.381 e. The van der Waals surface area contributed by atoms with Gasteiger partial charge in [-0.05, 0) is 29.8 Å². The highest BCUT2D eigenvalue weighted by Crippen LogP contribution is 2.19. The van der Waals surface area contributed by atoms with Crippen LogP contribution < -0.4 is 5.32 Å². The number of nitrogens with zero attached hydrogens (tertiary/aromatic N) is 1. The zero-order valence-corrected chi connectivity index (χ0v) is 10.4. The Hall–Kier alpha value is -2.73. The molecule has 0 saturated carbocycles. The van der Waals surface area contributed by atoms with Gasteiger partial charge in [-0.2, -0.15) is 5.26 Å². The van der Waals surface area contributed by atoms with Gasteiger partial charge in [0.05, 0.1) is 11.6 Å². The van der Waals surface area contributed by atoms with Crippen LogP contribution in [0.3, 0.4) is 0 Å². The van der Waals surface area contributed by atoms with Crippen LogP contribution in [-0.2, 0) is 6.54 Å². The van der Waals surface area contributed by atoms with Crippen LogP contribution >= 0.6 is 0 Å². The molecular weight excluding hydrogens is 234 g/mol. The zero-order valence-electron chi connectivity index (χ0n) is 10.4. The quantitative estimate of drug-likeness (QED) is 0.742. The molecular formula is C16H13N3. The van der Waals surface area contributed by atoms with Gasteiger partial charge in [0.1, 0.15) is 0 Å². The van der Waals surface area contributed by atoms with E-state index in [-0.39, 0.29) is 0 Å². The number of nitrogens with one attached hydrogen (secondary N) is 2. The molecule has 0 aliphatic rings. The number of rotatable bonds is 3. The van der Waals surface area contributed by atoms with E-state index in [4.69, 9.17) is 5.26 Å². The van der Waals surface area contributed by atoms with Crippen LogP contribution in [0.15, 0.2) is 54.7 Å². The van der Waals surface area contributed by atoms with Gasteiger partial charge in [-0.3, -0.25) is 0 Å². The van der Waals surface area contributed by atoms with Crippen LogP contribution in [0.2, 0.25) is 0 Å². The molecule has 0 spiro atoms. The summed E-state index contributed by atoms with van der Waals surface area (Å²) in [6.07, 6.45) is 2.02. The van der Waals surface area contributed by atoms with Crippen molar-refractivity contribution in [1.82, 2.24) is 4.98 Å². The van der Waals surface area contributed by atoms with Gasteiger partial charge >= 0.3 is 0 Å². The van der Waals surface area contributed by atoms with Gasteiger partial charge in [0, 0.05) is 29.3 Å². The van der Waals surface area contributed by atoms with Gasteiger partial charge in [0.15, 0.2) is 0 Å². The van der Waals surface area contributed by atoms with Crippen molar-refractivity contribution in [3.63, 3.8) is 0 Å². The summed E-state index contributed by atoms with van der Waals surface area (Å²) < 4.78 is 0. The Morgan fingerprint density at radius 1 is 1.11 bits per heavy atom. The molecule has 2 aromatic carbocycles. The van der Waals surface area contributed by atoms with Crippen molar-refractivity contribution in [2.24, 2.45) is 0 Å². The number of benzene rings is 2. The molecule has 0 saturated heterocycles. The fraction of sp³-hybridized carbons (Fsp3) is 0.0625. The normalized spacial score (nSPS) is 10.3. The van der Waals surface area contributed by atoms with Crippen molar-refractivity contribution in [2.45, 2.75) is 6.54 Å². The zero-order chi connectivity index (χ0) is 13.1. The van der Waals surface area contributed by atoms with Crippen molar-refractivity contribution in [3.05, 3.63) is 65.9 Å². The first-order valence-corrected chi connectivity index (χ1v) is 6.16. The maximum atomic E-state index is 8.87. The van der Waals surface area contributed by atoms with Gasteiger partial charge in [0.25, 0.3) is 0 Å². The predicted molar refractivity (Wildman–Crippen MR) is 76.8 cm³/mol. The Morgan fingerprint density at radius 2 is 2.00 bits per heavy atom. The molecule has 0 radical (unpaired) electrons. The Morgan fingerprint density at radius 3 is 2.89 bits per heavy atom. The molecule has 2 N–H and O–H groups in total. The summed E-state index contributed by atoms with van der Waals surface area (Å²) in [4.78, 5) is 3.25. The number of para-hydroxylation sites is 1. The molecule has 0 bridgehead atoms. The molecule has 1 heterocycles. The van der Waals surface area contributed by atoms with E-state index in [1.807, 2.05) is 36.5 Å². The minimum atomic E-state index is 0.670. The fourth-order valence-corrected chi connectivity index (χ4v) is 2.17. The van der Waals surface area contributed by atoms with Gasteiger partial charge in [-0.15, -0.1) is 0 Å². The summed E-state index contributed by atoms with van der Waals surface area (Å²) in [5.74, 6) is 0. The van der Waals surface area contributed by atoms with E-state index < -0.39 is 0 Å². The van der Waals surface area contributed by atoms with Gasteiger partial charge < -0.3 is 10.3 Å². The summed E-state index contributed by atoms with van der Waals surface area (Å²) in [6, 6.07) is 17.9. The maximum Gasteiger partial charge on any atom is 0.0992 e. The predicted octanol–water partition coefficient (Wildman–Crippen LogP) is 3.65. The van der Waals surface area contributed by atoms with Crippen molar-refractivity contribution in [3.8, 4) is 6.07 Å². The standard InChI is InChI=1S/C16H13N3/c17-9-12-4-3-5-14(8-12)18-10-13-11-19-16-7-2-1-6-15(13)16/h1-8,11,18-19H,10H2. The van der Waals surface area contributed by atoms with Crippen molar-refractivity contribution < 1.29 is 0 Å². The summed E-state index contributed by atoms with van der Waals surface area (Å²) in [7, 11) is 0. The lowest BCUT2D eigenvalue weighted by molar-refractivity contribution is 1.16. The molecule has 3 aromatic rings. The number of hydrogen-bond donors (Lipinski definition) is 2. The third-order valence-electron chi connectivity index (χ3n) is 3.15. The van der Waals surface area contributed by atoms with E-state index in [1.165, 1.54) is 10.9 Å². The minimum Gasteiger partial charge on any atom is -0.381 e. The molecule has 92 valence electrons. The number of H-pyrrole nitrogens is 1. The highest BCUT2D eigenvalue weighted by Gasteiger charge is 2.02. The van der Waals surface area contributed by atoms with E-state index >= 15 is 0 Å². The number of anilines is 1. The van der Waals surface area contributed by atoms with Crippen LogP contribution in [-0.4, -0.2) is 4.98 Å². The topological polar surface area (TPSA) is 51.6 Å². The molecule has 19 heavy (non-hydrogen) atoms. The lowest BCUT2D eigenvalue weighted by atomic mass is 10.1. The first kappa shape index (κ1) is 11.4. The summed E-state index contributed by atoms with van der Waals surface area (Å²) in [5.41, 5.74) is 4.00. The summed E-state index contributed by atoms with van der Waals surface area (Å²) in [6.45, 7) is 0.735. The molecule has 3 heteroatoms. The molecule has 1 aromatic heterocycles. The van der Waals surface area contributed by atoms with Gasteiger partial charge in [-0.1, -0.05) is 24.3 Å². The number of fused-ring (bicyclic) bond motifs is 1. The Labute approximate surface area is 111 Å². The lowest BCUT2D eigenvalue weighted by Gasteiger charge is -2.05. The molecule has 3 nitrogen and oxygen atoms in total. The highest BCUT2D eigenvalue weighted by atomic mass is 14.9. The van der Waals surface area contributed by atoms with Crippen LogP contribution in [0, 0.1) is 11.3 Å². The van der Waals surface area contributed by atoms with E-state index in [9.17, 15) is 0 Å². The Kier molecular flexibility index (Phi) is 2.91. The second-order valence-electron chi connectivity index (χ2n) is 4.41. The average molecular weight is 247 g/mol. The minimum absolute atomic E-state index is 0.670. The monoisotopic (exact) mass is 247 g/mol. The second kappa shape index (κ2) is 4.87. The van der Waals surface area contributed by atoms with E-state index in [2.05, 4.69) is 28.5 Å². The third kappa shape index (κ3) is 2.29. The summed E-state index contributed by atoms with van der Waals surface area (Å²) >= 11 is 0. The number of nitriles is 1. The van der Waals surface area contributed by atoms with E-state index in [0.29, 0.717) is 5.56 Å². The van der Waals surface area contributed by atoms with E-state index in [0.717, 1.165) is 17.7 Å². The summed E-state index contributed by atoms with van der Waals surface area (Å²) in [5, 5.41) is 13.4. The molecule has 0 aliphatic heterocycles. The third-order valence-corrected chi connectivity index (χ3v) is 3.15. The molecule has 0 fully saturated rings. The van der Waals surface area contributed by atoms with Crippen LogP contribution in [0.1, 0.15) is 11.1 Å². The average Bonchev–Trinajstić information content (AvgIpc) is 2.89. The molecule has 0 aliphatic carbocycles. The van der Waals surface area contributed by atoms with Crippen molar-refractivity contribution in [1.29, 1.82) is 5.26 Å². The number of aromatic amines is 1. The number of aromatic nitrogens is 1. The first-order chi connectivity index (χ1) is 9.36.